The Balaban J connectivity index is 2.06. The number of carbonyl (C=O) groups is 3. The fourth-order valence-electron chi connectivity index (χ4n) is 2.73. The normalized spacial score (nSPS) is 19.8. The van der Waals surface area contributed by atoms with Crippen LogP contribution in [0.15, 0.2) is 30.3 Å². The van der Waals surface area contributed by atoms with Crippen LogP contribution in [0.25, 0.3) is 0 Å². The van der Waals surface area contributed by atoms with Crippen molar-refractivity contribution >= 4 is 27.8 Å². The molecule has 0 unspecified atom stereocenters. The maximum atomic E-state index is 12.3. The molecule has 0 saturated carbocycles. The zero-order chi connectivity index (χ0) is 19.3. The average Bonchev–Trinajstić information content (AvgIpc) is 3.03. The summed E-state index contributed by atoms with van der Waals surface area (Å²) in [5.74, 6) is -1.50. The highest BCUT2D eigenvalue weighted by Crippen LogP contribution is 2.20. The van der Waals surface area contributed by atoms with Gasteiger partial charge >= 0.3 is 5.97 Å². The number of amides is 2. The number of hydrogen-bond acceptors (Lipinski definition) is 6. The Morgan fingerprint density at radius 2 is 1.88 bits per heavy atom. The van der Waals surface area contributed by atoms with Gasteiger partial charge in [0.25, 0.3) is 5.91 Å². The van der Waals surface area contributed by atoms with Crippen LogP contribution in [0.3, 0.4) is 0 Å². The first-order valence-electron chi connectivity index (χ1n) is 7.89. The molecule has 9 nitrogen and oxygen atoms in total. The molecule has 1 aromatic rings. The molecule has 2 amide bonds. The third-order valence-electron chi connectivity index (χ3n) is 3.95. The van der Waals surface area contributed by atoms with Gasteiger partial charge in [-0.1, -0.05) is 18.2 Å². The molecule has 0 bridgehead atoms. The average molecular weight is 383 g/mol. The van der Waals surface area contributed by atoms with Crippen LogP contribution in [0.4, 0.5) is 0 Å². The fraction of sp³-hybridized carbons (Fsp3) is 0.438. The summed E-state index contributed by atoms with van der Waals surface area (Å²) < 4.78 is 29.1. The lowest BCUT2D eigenvalue weighted by Gasteiger charge is -2.22. The Kier molecular flexibility index (Phi) is 6.32. The van der Waals surface area contributed by atoms with E-state index in [1.165, 1.54) is 12.0 Å². The summed E-state index contributed by atoms with van der Waals surface area (Å²) in [4.78, 5) is 37.7. The summed E-state index contributed by atoms with van der Waals surface area (Å²) in [6, 6.07) is 7.22. The molecular formula is C16H21N3O6S. The maximum Gasteiger partial charge on any atom is 0.328 e. The minimum atomic E-state index is -3.54. The maximum absolute atomic E-state index is 12.3. The molecule has 10 heteroatoms. The van der Waals surface area contributed by atoms with Crippen LogP contribution in [0.5, 0.6) is 0 Å². The van der Waals surface area contributed by atoms with Gasteiger partial charge in [-0.05, 0) is 12.1 Å². The molecule has 2 N–H and O–H groups in total. The second kappa shape index (κ2) is 8.28. The van der Waals surface area contributed by atoms with Gasteiger partial charge < -0.3 is 15.0 Å². The molecule has 0 spiro atoms. The van der Waals surface area contributed by atoms with Gasteiger partial charge in [0.2, 0.25) is 15.9 Å². The molecule has 1 saturated heterocycles. The van der Waals surface area contributed by atoms with Gasteiger partial charge in [-0.3, -0.25) is 9.59 Å². The fourth-order valence-corrected chi connectivity index (χ4v) is 3.11. The lowest BCUT2D eigenvalue weighted by molar-refractivity contribution is -0.150. The minimum absolute atomic E-state index is 0.0859. The Morgan fingerprint density at radius 3 is 2.46 bits per heavy atom. The van der Waals surface area contributed by atoms with Crippen molar-refractivity contribution in [2.75, 3.05) is 26.5 Å². The van der Waals surface area contributed by atoms with Crippen molar-refractivity contribution in [2.24, 2.45) is 0 Å². The van der Waals surface area contributed by atoms with E-state index in [4.69, 9.17) is 4.74 Å². The Labute approximate surface area is 151 Å². The summed E-state index contributed by atoms with van der Waals surface area (Å²) in [7, 11) is -2.34. The second-order valence-corrected chi connectivity index (χ2v) is 7.78. The monoisotopic (exact) mass is 383 g/mol. The number of nitrogens with zero attached hydrogens (tertiary/aromatic N) is 1. The molecule has 142 valence electrons. The molecule has 0 radical (unpaired) electrons. The molecule has 1 aromatic carbocycles. The van der Waals surface area contributed by atoms with Crippen molar-refractivity contribution < 1.29 is 27.5 Å². The predicted molar refractivity (Wildman–Crippen MR) is 92.7 cm³/mol. The van der Waals surface area contributed by atoms with Gasteiger partial charge in [-0.2, -0.15) is 0 Å². The highest BCUT2D eigenvalue weighted by atomic mass is 32.2. The summed E-state index contributed by atoms with van der Waals surface area (Å²) >= 11 is 0. The number of rotatable bonds is 6. The topological polar surface area (TPSA) is 122 Å². The highest BCUT2D eigenvalue weighted by molar-refractivity contribution is 7.88. The highest BCUT2D eigenvalue weighted by Gasteiger charge is 2.40. The van der Waals surface area contributed by atoms with Gasteiger partial charge in [-0.25, -0.2) is 17.9 Å². The first-order valence-corrected chi connectivity index (χ1v) is 9.78. The largest absolute Gasteiger partial charge is 0.467 e. The van der Waals surface area contributed by atoms with E-state index in [1.54, 1.807) is 30.3 Å². The zero-order valence-electron chi connectivity index (χ0n) is 14.5. The van der Waals surface area contributed by atoms with Gasteiger partial charge in [-0.15, -0.1) is 0 Å². The van der Waals surface area contributed by atoms with Crippen LogP contribution < -0.4 is 10.0 Å². The number of nitrogens with one attached hydrogen (secondary N) is 2. The van der Waals surface area contributed by atoms with E-state index >= 15 is 0 Å². The van der Waals surface area contributed by atoms with Gasteiger partial charge in [0.05, 0.1) is 19.9 Å². The number of likely N-dealkylation sites (tertiary alicyclic amines) is 1. The van der Waals surface area contributed by atoms with Crippen LogP contribution in [-0.2, 0) is 24.3 Å². The minimum Gasteiger partial charge on any atom is -0.467 e. The Morgan fingerprint density at radius 1 is 1.23 bits per heavy atom. The molecule has 0 aromatic heterocycles. The predicted octanol–water partition coefficient (Wildman–Crippen LogP) is -0.892. The first kappa shape index (κ1) is 19.9. The molecule has 0 aliphatic carbocycles. The van der Waals surface area contributed by atoms with Crippen molar-refractivity contribution in [3.05, 3.63) is 35.9 Å². The Hall–Kier alpha value is -2.46. The summed E-state index contributed by atoms with van der Waals surface area (Å²) in [5, 5.41) is 2.78. The van der Waals surface area contributed by atoms with E-state index in [0.29, 0.717) is 5.56 Å². The number of hydrogen-bond donors (Lipinski definition) is 2. The van der Waals surface area contributed by atoms with Crippen LogP contribution in [0.2, 0.25) is 0 Å². The van der Waals surface area contributed by atoms with Crippen LogP contribution >= 0.6 is 0 Å². The van der Waals surface area contributed by atoms with E-state index in [1.807, 2.05) is 0 Å². The molecule has 1 heterocycles. The van der Waals surface area contributed by atoms with E-state index < -0.39 is 40.5 Å². The number of carbonyl (C=O) groups excluding carboxylic acids is 3. The quantitative estimate of drug-likeness (QED) is 0.615. The van der Waals surface area contributed by atoms with Crippen molar-refractivity contribution in [1.82, 2.24) is 14.9 Å². The van der Waals surface area contributed by atoms with Crippen molar-refractivity contribution in [1.29, 1.82) is 0 Å². The van der Waals surface area contributed by atoms with E-state index in [-0.39, 0.29) is 18.9 Å². The Bertz CT molecular complexity index is 780. The molecule has 2 rings (SSSR count). The van der Waals surface area contributed by atoms with Gasteiger partial charge in [0.1, 0.15) is 6.04 Å². The van der Waals surface area contributed by atoms with E-state index in [2.05, 4.69) is 10.0 Å². The number of sulfonamides is 1. The van der Waals surface area contributed by atoms with Crippen molar-refractivity contribution in [2.45, 2.75) is 18.5 Å². The third kappa shape index (κ3) is 5.27. The summed E-state index contributed by atoms with van der Waals surface area (Å²) in [6.07, 6.45) is 1.13. The number of ether oxygens (including phenoxy) is 1. The summed E-state index contributed by atoms with van der Waals surface area (Å²) in [6.45, 7) is -0.381. The third-order valence-corrected chi connectivity index (χ3v) is 4.62. The van der Waals surface area contributed by atoms with E-state index in [0.717, 1.165) is 6.26 Å². The number of esters is 1. The summed E-state index contributed by atoms with van der Waals surface area (Å²) in [5.41, 5.74) is 0.464. The van der Waals surface area contributed by atoms with Crippen molar-refractivity contribution in [3.8, 4) is 0 Å². The van der Waals surface area contributed by atoms with Gasteiger partial charge in [0.15, 0.2) is 0 Å². The lowest BCUT2D eigenvalue weighted by Crippen LogP contribution is -2.46. The molecule has 1 fully saturated rings. The lowest BCUT2D eigenvalue weighted by atomic mass is 10.1. The first-order chi connectivity index (χ1) is 12.2. The number of benzene rings is 1. The second-order valence-electron chi connectivity index (χ2n) is 5.95. The SMILES string of the molecule is COC(=O)[C@@H]1C[C@@H](NC(=O)c2ccccc2)CN1C(=O)CNS(C)(=O)=O. The molecule has 1 aliphatic heterocycles. The molecule has 1 aliphatic rings. The standard InChI is InChI=1S/C16H21N3O6S/c1-25-16(22)13-8-12(18-15(21)11-6-4-3-5-7-11)10-19(13)14(20)9-17-26(2,23)24/h3-7,12-13,17H,8-10H2,1-2H3,(H,18,21)/t12-,13+/m1/s1. The van der Waals surface area contributed by atoms with Crippen LogP contribution in [0.1, 0.15) is 16.8 Å². The van der Waals surface area contributed by atoms with E-state index in [9.17, 15) is 22.8 Å². The molecule has 26 heavy (non-hydrogen) atoms. The van der Waals surface area contributed by atoms with Gasteiger partial charge in [0, 0.05) is 24.6 Å². The van der Waals surface area contributed by atoms with Crippen LogP contribution in [0, 0.1) is 0 Å². The van der Waals surface area contributed by atoms with Crippen LogP contribution in [-0.4, -0.2) is 69.6 Å². The zero-order valence-corrected chi connectivity index (χ0v) is 15.3. The molecular weight excluding hydrogens is 362 g/mol. The number of methoxy groups -OCH3 is 1. The molecule has 2 atom stereocenters. The smallest absolute Gasteiger partial charge is 0.328 e. The van der Waals surface area contributed by atoms with Crippen molar-refractivity contribution in [3.63, 3.8) is 0 Å².